The molecule has 2 aromatic heterocycles. The monoisotopic (exact) mass is 476 g/mol. The SMILES string of the molecule is COC1CN(C(C)c2ccc(Nc3nccc(C4=CC(=N)C(OC5CCOCC5)C=C4)n3)cn2)C1. The molecule has 1 aliphatic carbocycles. The molecular weight excluding hydrogens is 444 g/mol. The standard InChI is InChI=1S/C26H32N6O3/c1-17(32-15-21(16-32)33-2)23-5-4-19(14-29-23)30-26-28-10-7-24(31-26)18-3-6-25(22(27)13-18)35-20-8-11-34-12-9-20/h3-7,10,13-14,17,20-21,25,27H,8-9,11-12,15-16H2,1-2H3,(H,28,30,31). The Hall–Kier alpha value is -2.98. The maximum Gasteiger partial charge on any atom is 0.227 e. The number of anilines is 2. The van der Waals surface area contributed by atoms with Crippen LogP contribution in [0.1, 0.15) is 37.2 Å². The van der Waals surface area contributed by atoms with Crippen LogP contribution in [0.15, 0.2) is 48.8 Å². The van der Waals surface area contributed by atoms with Crippen LogP contribution in [0.4, 0.5) is 11.6 Å². The van der Waals surface area contributed by atoms with E-state index in [0.717, 1.165) is 61.8 Å². The van der Waals surface area contributed by atoms with Crippen molar-refractivity contribution in [2.24, 2.45) is 0 Å². The van der Waals surface area contributed by atoms with Gasteiger partial charge in [0.1, 0.15) is 6.10 Å². The van der Waals surface area contributed by atoms with Crippen molar-refractivity contribution in [1.82, 2.24) is 19.9 Å². The molecule has 3 aliphatic rings. The number of nitrogens with zero attached hydrogens (tertiary/aromatic N) is 4. The molecule has 2 fully saturated rings. The van der Waals surface area contributed by atoms with Crippen LogP contribution in [0.3, 0.4) is 0 Å². The zero-order valence-electron chi connectivity index (χ0n) is 20.2. The van der Waals surface area contributed by atoms with E-state index in [1.807, 2.05) is 42.6 Å². The van der Waals surface area contributed by atoms with Gasteiger partial charge in [-0.15, -0.1) is 0 Å². The van der Waals surface area contributed by atoms with Crippen molar-refractivity contribution in [2.45, 2.75) is 44.1 Å². The molecule has 184 valence electrons. The highest BCUT2D eigenvalue weighted by Gasteiger charge is 2.31. The fraction of sp³-hybridized carbons (Fsp3) is 0.462. The Morgan fingerprint density at radius 1 is 1.14 bits per heavy atom. The second-order valence-corrected chi connectivity index (χ2v) is 9.13. The van der Waals surface area contributed by atoms with Gasteiger partial charge in [-0.05, 0) is 50.1 Å². The van der Waals surface area contributed by atoms with Crippen molar-refractivity contribution in [3.63, 3.8) is 0 Å². The molecule has 0 radical (unpaired) electrons. The van der Waals surface area contributed by atoms with Gasteiger partial charge in [0.05, 0.1) is 41.2 Å². The molecule has 0 saturated carbocycles. The van der Waals surface area contributed by atoms with Crippen molar-refractivity contribution < 1.29 is 14.2 Å². The number of hydrogen-bond acceptors (Lipinski definition) is 9. The van der Waals surface area contributed by atoms with Crippen LogP contribution in [-0.2, 0) is 14.2 Å². The third-order valence-electron chi connectivity index (χ3n) is 6.75. The molecule has 2 unspecified atom stereocenters. The minimum absolute atomic E-state index is 0.139. The summed E-state index contributed by atoms with van der Waals surface area (Å²) in [5, 5.41) is 11.7. The minimum atomic E-state index is -0.329. The highest BCUT2D eigenvalue weighted by Crippen LogP contribution is 2.27. The molecule has 2 N–H and O–H groups in total. The molecular formula is C26H32N6O3. The number of allylic oxidation sites excluding steroid dienone is 2. The summed E-state index contributed by atoms with van der Waals surface area (Å²) in [6.45, 7) is 5.47. The summed E-state index contributed by atoms with van der Waals surface area (Å²) < 4.78 is 16.9. The molecule has 4 heterocycles. The van der Waals surface area contributed by atoms with Crippen molar-refractivity contribution in [2.75, 3.05) is 38.7 Å². The van der Waals surface area contributed by atoms with E-state index in [9.17, 15) is 0 Å². The molecule has 0 spiro atoms. The van der Waals surface area contributed by atoms with Gasteiger partial charge in [-0.25, -0.2) is 9.97 Å². The number of hydrogen-bond donors (Lipinski definition) is 2. The first-order chi connectivity index (χ1) is 17.1. The Kier molecular flexibility index (Phi) is 7.29. The fourth-order valence-electron chi connectivity index (χ4n) is 4.45. The zero-order valence-corrected chi connectivity index (χ0v) is 20.2. The van der Waals surface area contributed by atoms with E-state index < -0.39 is 0 Å². The molecule has 0 bridgehead atoms. The van der Waals surface area contributed by atoms with Crippen LogP contribution in [0.5, 0.6) is 0 Å². The first-order valence-electron chi connectivity index (χ1n) is 12.1. The second-order valence-electron chi connectivity index (χ2n) is 9.13. The van der Waals surface area contributed by atoms with Gasteiger partial charge in [-0.1, -0.05) is 6.08 Å². The quantitative estimate of drug-likeness (QED) is 0.596. The van der Waals surface area contributed by atoms with E-state index in [4.69, 9.17) is 19.6 Å². The Bertz CT molecular complexity index is 1090. The average Bonchev–Trinajstić information content (AvgIpc) is 2.86. The number of methoxy groups -OCH3 is 1. The highest BCUT2D eigenvalue weighted by molar-refractivity contribution is 6.06. The number of pyridine rings is 1. The summed E-state index contributed by atoms with van der Waals surface area (Å²) in [4.78, 5) is 16.0. The van der Waals surface area contributed by atoms with Gasteiger partial charge >= 0.3 is 0 Å². The predicted molar refractivity (Wildman–Crippen MR) is 134 cm³/mol. The molecule has 2 atom stereocenters. The number of ether oxygens (including phenoxy) is 3. The summed E-state index contributed by atoms with van der Waals surface area (Å²) in [5.41, 5.74) is 3.88. The van der Waals surface area contributed by atoms with Crippen LogP contribution in [0.25, 0.3) is 5.57 Å². The van der Waals surface area contributed by atoms with Crippen molar-refractivity contribution in [3.8, 4) is 0 Å². The predicted octanol–water partition coefficient (Wildman–Crippen LogP) is 3.54. The first kappa shape index (κ1) is 23.7. The van der Waals surface area contributed by atoms with Crippen LogP contribution in [-0.4, -0.2) is 77.3 Å². The summed E-state index contributed by atoms with van der Waals surface area (Å²) in [5.74, 6) is 0.484. The second kappa shape index (κ2) is 10.7. The normalized spacial score (nSPS) is 22.5. The molecule has 5 rings (SSSR count). The lowest BCUT2D eigenvalue weighted by Crippen LogP contribution is -2.52. The van der Waals surface area contributed by atoms with Crippen molar-refractivity contribution in [1.29, 1.82) is 5.41 Å². The van der Waals surface area contributed by atoms with Gasteiger partial charge in [-0.2, -0.15) is 0 Å². The van der Waals surface area contributed by atoms with E-state index in [1.54, 1.807) is 13.3 Å². The highest BCUT2D eigenvalue weighted by atomic mass is 16.5. The number of aromatic nitrogens is 3. The molecule has 2 aliphatic heterocycles. The number of nitrogens with one attached hydrogen (secondary N) is 2. The third kappa shape index (κ3) is 5.65. The van der Waals surface area contributed by atoms with Gasteiger partial charge in [0.25, 0.3) is 0 Å². The Morgan fingerprint density at radius 3 is 2.69 bits per heavy atom. The lowest BCUT2D eigenvalue weighted by molar-refractivity contribution is -0.0486. The summed E-state index contributed by atoms with van der Waals surface area (Å²) in [6.07, 6.45) is 11.1. The van der Waals surface area contributed by atoms with Crippen LogP contribution >= 0.6 is 0 Å². The zero-order chi connectivity index (χ0) is 24.2. The van der Waals surface area contributed by atoms with E-state index in [2.05, 4.69) is 32.1 Å². The lowest BCUT2D eigenvalue weighted by atomic mass is 10.00. The molecule has 9 nitrogen and oxygen atoms in total. The summed E-state index contributed by atoms with van der Waals surface area (Å²) in [6, 6.07) is 6.12. The maximum absolute atomic E-state index is 8.44. The first-order valence-corrected chi connectivity index (χ1v) is 12.1. The molecule has 0 aromatic carbocycles. The third-order valence-corrected chi connectivity index (χ3v) is 6.75. The Labute approximate surface area is 205 Å². The lowest BCUT2D eigenvalue weighted by Gasteiger charge is -2.41. The average molecular weight is 477 g/mol. The fourth-order valence-corrected chi connectivity index (χ4v) is 4.45. The van der Waals surface area contributed by atoms with Crippen molar-refractivity contribution in [3.05, 3.63) is 60.2 Å². The number of likely N-dealkylation sites (tertiary alicyclic amines) is 1. The van der Waals surface area contributed by atoms with Gasteiger partial charge < -0.3 is 24.9 Å². The van der Waals surface area contributed by atoms with Gasteiger partial charge in [0.15, 0.2) is 0 Å². The molecule has 35 heavy (non-hydrogen) atoms. The maximum atomic E-state index is 8.44. The molecule has 0 amide bonds. The van der Waals surface area contributed by atoms with E-state index in [1.165, 1.54) is 0 Å². The summed E-state index contributed by atoms with van der Waals surface area (Å²) >= 11 is 0. The molecule has 2 aromatic rings. The summed E-state index contributed by atoms with van der Waals surface area (Å²) in [7, 11) is 1.76. The van der Waals surface area contributed by atoms with Crippen LogP contribution in [0.2, 0.25) is 0 Å². The van der Waals surface area contributed by atoms with E-state index >= 15 is 0 Å². The van der Waals surface area contributed by atoms with Gasteiger partial charge in [0.2, 0.25) is 5.95 Å². The van der Waals surface area contributed by atoms with E-state index in [0.29, 0.717) is 17.8 Å². The van der Waals surface area contributed by atoms with Gasteiger partial charge in [0, 0.05) is 51.2 Å². The van der Waals surface area contributed by atoms with E-state index in [-0.39, 0.29) is 18.2 Å². The van der Waals surface area contributed by atoms with Crippen LogP contribution < -0.4 is 5.32 Å². The number of rotatable bonds is 8. The molecule has 9 heteroatoms. The van der Waals surface area contributed by atoms with Crippen LogP contribution in [0, 0.1) is 5.41 Å². The Morgan fingerprint density at radius 2 is 1.97 bits per heavy atom. The minimum Gasteiger partial charge on any atom is -0.381 e. The largest absolute Gasteiger partial charge is 0.381 e. The smallest absolute Gasteiger partial charge is 0.227 e. The van der Waals surface area contributed by atoms with Gasteiger partial charge in [-0.3, -0.25) is 9.88 Å². The Balaban J connectivity index is 1.20. The van der Waals surface area contributed by atoms with Crippen molar-refractivity contribution >= 4 is 22.9 Å². The molecule has 2 saturated heterocycles. The topological polar surface area (TPSA) is 105 Å².